The molecule has 1 saturated heterocycles. The topological polar surface area (TPSA) is 131 Å². The van der Waals surface area contributed by atoms with Crippen LogP contribution in [0, 0.1) is 5.92 Å². The molecule has 11 heteroatoms. The maximum absolute atomic E-state index is 13.1. The number of rotatable bonds is 7. The van der Waals surface area contributed by atoms with Gasteiger partial charge >= 0.3 is 0 Å². The Morgan fingerprint density at radius 2 is 1.77 bits per heavy atom. The van der Waals surface area contributed by atoms with Crippen LogP contribution < -0.4 is 10.6 Å². The van der Waals surface area contributed by atoms with Crippen molar-refractivity contribution in [3.05, 3.63) is 65.6 Å². The van der Waals surface area contributed by atoms with Crippen molar-refractivity contribution >= 4 is 40.3 Å². The Labute approximate surface area is 247 Å². The van der Waals surface area contributed by atoms with E-state index < -0.39 is 23.8 Å². The van der Waals surface area contributed by atoms with E-state index in [4.69, 9.17) is 10.1 Å². The van der Waals surface area contributed by atoms with Gasteiger partial charge in [-0.3, -0.25) is 34.1 Å². The molecule has 5 heterocycles. The second kappa shape index (κ2) is 9.62. The minimum absolute atomic E-state index is 0.0982. The van der Waals surface area contributed by atoms with Crippen molar-refractivity contribution in [2.24, 2.45) is 13.0 Å². The van der Waals surface area contributed by atoms with E-state index in [-0.39, 0.29) is 29.9 Å². The van der Waals surface area contributed by atoms with Gasteiger partial charge < -0.3 is 9.88 Å². The Balaban J connectivity index is 0.925. The van der Waals surface area contributed by atoms with Gasteiger partial charge in [-0.1, -0.05) is 0 Å². The number of benzene rings is 1. The van der Waals surface area contributed by atoms with E-state index in [2.05, 4.69) is 39.7 Å². The summed E-state index contributed by atoms with van der Waals surface area (Å²) in [6.07, 6.45) is 8.79. The number of nitrogens with zero attached hydrogens (tertiary/aromatic N) is 5. The molecule has 1 aromatic carbocycles. The molecular formula is C32H31N7O4. The Morgan fingerprint density at radius 1 is 0.953 bits per heavy atom. The second-order valence-corrected chi connectivity index (χ2v) is 12.3. The number of imide groups is 2. The molecule has 3 aromatic heterocycles. The SMILES string of the molecule is Cn1ccc2ccc(-c3cn([C@H]4C[C@H](CNc5ccc6c(c5)C(=O)N(C5CCC(=O)NC5=O)C6=O)C4)nc3C3CC3)nc21. The smallest absolute Gasteiger partial charge is 0.262 e. The highest BCUT2D eigenvalue weighted by Gasteiger charge is 2.44. The van der Waals surface area contributed by atoms with Crippen LogP contribution in [0.25, 0.3) is 22.3 Å². The van der Waals surface area contributed by atoms with Crippen molar-refractivity contribution < 1.29 is 19.2 Å². The Morgan fingerprint density at radius 3 is 2.56 bits per heavy atom. The highest BCUT2D eigenvalue weighted by molar-refractivity contribution is 6.23. The average Bonchev–Trinajstić information content (AvgIpc) is 3.56. The van der Waals surface area contributed by atoms with Crippen LogP contribution in [0.2, 0.25) is 0 Å². The summed E-state index contributed by atoms with van der Waals surface area (Å²) in [5.41, 5.74) is 5.56. The summed E-state index contributed by atoms with van der Waals surface area (Å²) in [5.74, 6) is -1.02. The largest absolute Gasteiger partial charge is 0.385 e. The lowest BCUT2D eigenvalue weighted by Gasteiger charge is -2.35. The van der Waals surface area contributed by atoms with Crippen LogP contribution in [-0.4, -0.2) is 60.4 Å². The summed E-state index contributed by atoms with van der Waals surface area (Å²) in [6, 6.07) is 10.8. The predicted molar refractivity (Wildman–Crippen MR) is 157 cm³/mol. The molecule has 43 heavy (non-hydrogen) atoms. The van der Waals surface area contributed by atoms with Crippen molar-refractivity contribution in [1.82, 2.24) is 29.5 Å². The maximum Gasteiger partial charge on any atom is 0.262 e. The first-order chi connectivity index (χ1) is 20.8. The number of amides is 4. The normalized spacial score (nSPS) is 23.5. The molecule has 2 aliphatic heterocycles. The fourth-order valence-corrected chi connectivity index (χ4v) is 6.66. The van der Waals surface area contributed by atoms with E-state index in [1.54, 1.807) is 18.2 Å². The van der Waals surface area contributed by atoms with Crippen LogP contribution in [0.1, 0.15) is 76.9 Å². The number of hydrogen-bond donors (Lipinski definition) is 2. The van der Waals surface area contributed by atoms with E-state index >= 15 is 0 Å². The van der Waals surface area contributed by atoms with E-state index in [1.807, 2.05) is 17.8 Å². The van der Waals surface area contributed by atoms with Crippen molar-refractivity contribution in [2.45, 2.75) is 56.5 Å². The Hall–Kier alpha value is -4.80. The van der Waals surface area contributed by atoms with Crippen LogP contribution in [0.5, 0.6) is 0 Å². The van der Waals surface area contributed by atoms with Crippen molar-refractivity contribution in [2.75, 3.05) is 11.9 Å². The number of carbonyl (C=O) groups excluding carboxylic acids is 4. The second-order valence-electron chi connectivity index (χ2n) is 12.3. The zero-order valence-electron chi connectivity index (χ0n) is 23.7. The van der Waals surface area contributed by atoms with Gasteiger partial charge in [0.05, 0.1) is 28.6 Å². The van der Waals surface area contributed by atoms with Crippen molar-refractivity contribution in [3.8, 4) is 11.3 Å². The van der Waals surface area contributed by atoms with Crippen LogP contribution in [-0.2, 0) is 16.6 Å². The van der Waals surface area contributed by atoms with Crippen molar-refractivity contribution in [1.29, 1.82) is 0 Å². The number of aromatic nitrogens is 4. The summed E-state index contributed by atoms with van der Waals surface area (Å²) in [4.78, 5) is 55.9. The lowest BCUT2D eigenvalue weighted by molar-refractivity contribution is -0.136. The maximum atomic E-state index is 13.1. The monoisotopic (exact) mass is 577 g/mol. The number of hydrogen-bond acceptors (Lipinski definition) is 7. The first kappa shape index (κ1) is 25.9. The summed E-state index contributed by atoms with van der Waals surface area (Å²) in [5, 5.41) is 11.8. The molecule has 2 aliphatic carbocycles. The Kier molecular flexibility index (Phi) is 5.79. The highest BCUT2D eigenvalue weighted by Crippen LogP contribution is 2.45. The molecule has 2 saturated carbocycles. The van der Waals surface area contributed by atoms with Crippen LogP contribution in [0.4, 0.5) is 5.69 Å². The zero-order valence-corrected chi connectivity index (χ0v) is 23.7. The molecule has 8 rings (SSSR count). The summed E-state index contributed by atoms with van der Waals surface area (Å²) >= 11 is 0. The third kappa shape index (κ3) is 4.33. The first-order valence-electron chi connectivity index (χ1n) is 14.9. The van der Waals surface area contributed by atoms with E-state index in [0.717, 1.165) is 58.0 Å². The standard InChI is InChI=1S/C32H31N7O4/c1-37-11-10-19-4-7-25(34-29(19)37)24-16-38(36-28(24)18-2-3-18)21-12-17(13-21)15-33-20-5-6-22-23(14-20)32(43)39(31(22)42)26-8-9-27(40)35-30(26)41/h4-7,10-11,14,16-18,21,26,33H,2-3,8-9,12-13,15H2,1H3,(H,35,40,41)/t17-,21-,26?. The minimum atomic E-state index is -0.964. The summed E-state index contributed by atoms with van der Waals surface area (Å²) in [7, 11) is 2.02. The van der Waals surface area contributed by atoms with Crippen molar-refractivity contribution in [3.63, 3.8) is 0 Å². The molecule has 0 bridgehead atoms. The molecule has 2 N–H and O–H groups in total. The first-order valence-corrected chi connectivity index (χ1v) is 14.9. The fourth-order valence-electron chi connectivity index (χ4n) is 6.66. The van der Waals surface area contributed by atoms with Gasteiger partial charge in [0, 0.05) is 55.0 Å². The number of piperidine rings is 1. The van der Waals surface area contributed by atoms with E-state index in [9.17, 15) is 19.2 Å². The molecular weight excluding hydrogens is 546 g/mol. The van der Waals surface area contributed by atoms with E-state index in [1.165, 1.54) is 12.8 Å². The molecule has 4 aromatic rings. The van der Waals surface area contributed by atoms with Gasteiger partial charge in [-0.15, -0.1) is 0 Å². The number of pyridine rings is 1. The molecule has 4 aliphatic rings. The van der Waals surface area contributed by atoms with E-state index in [0.29, 0.717) is 17.9 Å². The fraction of sp³-hybridized carbons (Fsp3) is 0.375. The van der Waals surface area contributed by atoms with Gasteiger partial charge in [0.15, 0.2) is 0 Å². The molecule has 218 valence electrons. The molecule has 0 radical (unpaired) electrons. The third-order valence-corrected chi connectivity index (χ3v) is 9.34. The number of aryl methyl sites for hydroxylation is 1. The van der Waals surface area contributed by atoms with Gasteiger partial charge in [0.25, 0.3) is 11.8 Å². The number of nitrogens with one attached hydrogen (secondary N) is 2. The number of fused-ring (bicyclic) bond motifs is 2. The lowest BCUT2D eigenvalue weighted by atomic mass is 9.80. The lowest BCUT2D eigenvalue weighted by Crippen LogP contribution is -2.54. The third-order valence-electron chi connectivity index (χ3n) is 9.34. The summed E-state index contributed by atoms with van der Waals surface area (Å²) in [6.45, 7) is 0.740. The van der Waals surface area contributed by atoms with Gasteiger partial charge in [-0.25, -0.2) is 4.98 Å². The Bertz CT molecular complexity index is 1850. The molecule has 11 nitrogen and oxygen atoms in total. The van der Waals surface area contributed by atoms with Gasteiger partial charge in [-0.2, -0.15) is 5.10 Å². The number of anilines is 1. The molecule has 1 atom stereocenters. The number of carbonyl (C=O) groups is 4. The molecule has 1 unspecified atom stereocenters. The van der Waals surface area contributed by atoms with Crippen LogP contribution in [0.3, 0.4) is 0 Å². The molecule has 0 spiro atoms. The van der Waals surface area contributed by atoms with Crippen LogP contribution >= 0.6 is 0 Å². The highest BCUT2D eigenvalue weighted by atomic mass is 16.2. The summed E-state index contributed by atoms with van der Waals surface area (Å²) < 4.78 is 4.19. The van der Waals surface area contributed by atoms with Gasteiger partial charge in [0.2, 0.25) is 11.8 Å². The zero-order chi connectivity index (χ0) is 29.4. The van der Waals surface area contributed by atoms with Gasteiger partial charge in [0.1, 0.15) is 11.7 Å². The molecule has 3 fully saturated rings. The minimum Gasteiger partial charge on any atom is -0.385 e. The van der Waals surface area contributed by atoms with Gasteiger partial charge in [-0.05, 0) is 74.4 Å². The predicted octanol–water partition coefficient (Wildman–Crippen LogP) is 3.78. The van der Waals surface area contributed by atoms with Crippen LogP contribution in [0.15, 0.2) is 48.8 Å². The average molecular weight is 578 g/mol. The quantitative estimate of drug-likeness (QED) is 0.320. The molecule has 4 amide bonds.